The number of hydrogen-bond acceptors (Lipinski definition) is 5. The van der Waals surface area contributed by atoms with Gasteiger partial charge in [-0.25, -0.2) is 4.98 Å². The number of rotatable bonds is 3. The lowest BCUT2D eigenvalue weighted by atomic mass is 10.0. The minimum absolute atomic E-state index is 0.674. The van der Waals surface area contributed by atoms with Crippen LogP contribution in [0.3, 0.4) is 0 Å². The van der Waals surface area contributed by atoms with Gasteiger partial charge in [0, 0.05) is 57.5 Å². The van der Waals surface area contributed by atoms with E-state index in [0.29, 0.717) is 5.02 Å². The lowest BCUT2D eigenvalue weighted by molar-refractivity contribution is 1.28. The largest absolute Gasteiger partial charge is 0.340 e. The monoisotopic (exact) mass is 371 g/mol. The van der Waals surface area contributed by atoms with Crippen molar-refractivity contribution in [2.45, 2.75) is 6.42 Å². The molecular formula is C21H14ClN5. The van der Waals surface area contributed by atoms with Gasteiger partial charge in [-0.3, -0.25) is 4.98 Å². The van der Waals surface area contributed by atoms with E-state index in [2.05, 4.69) is 38.7 Å². The fourth-order valence-electron chi connectivity index (χ4n) is 3.28. The highest BCUT2D eigenvalue weighted by atomic mass is 35.5. The molecule has 0 spiro atoms. The normalized spacial score (nSPS) is 13.3. The van der Waals surface area contributed by atoms with Crippen LogP contribution < -0.4 is 5.32 Å². The number of aromatic nitrogens is 2. The Kier molecular flexibility index (Phi) is 3.80. The molecule has 27 heavy (non-hydrogen) atoms. The molecule has 0 saturated heterocycles. The SMILES string of the molecule is Clc1cccc(Nc2nc3cc(C4=NN=CC4)ccc3c3cnccc23)c1. The van der Waals surface area contributed by atoms with Gasteiger partial charge in [-0.05, 0) is 30.3 Å². The lowest BCUT2D eigenvalue weighted by Gasteiger charge is -2.12. The fraction of sp³-hybridized carbons (Fsp3) is 0.0476. The standard InChI is InChI=1S/C21H14ClN5/c22-14-2-1-3-15(11-14)25-21-17-6-8-23-12-18(17)16-5-4-13(10-20(16)26-21)19-7-9-24-27-19/h1-6,8-12H,7H2,(H,25,26). The van der Waals surface area contributed by atoms with E-state index >= 15 is 0 Å². The van der Waals surface area contributed by atoms with Gasteiger partial charge in [0.15, 0.2) is 0 Å². The molecule has 0 fully saturated rings. The molecule has 3 heterocycles. The number of pyridine rings is 2. The molecule has 2 aromatic carbocycles. The van der Waals surface area contributed by atoms with Gasteiger partial charge in [0.2, 0.25) is 0 Å². The van der Waals surface area contributed by atoms with Crippen LogP contribution in [0, 0.1) is 0 Å². The van der Waals surface area contributed by atoms with Crippen LogP contribution in [0.2, 0.25) is 5.02 Å². The van der Waals surface area contributed by atoms with E-state index in [4.69, 9.17) is 16.6 Å². The van der Waals surface area contributed by atoms with Crippen LogP contribution in [0.1, 0.15) is 12.0 Å². The molecule has 6 heteroatoms. The van der Waals surface area contributed by atoms with Crippen LogP contribution in [0.4, 0.5) is 11.5 Å². The van der Waals surface area contributed by atoms with Crippen molar-refractivity contribution in [1.82, 2.24) is 9.97 Å². The quantitative estimate of drug-likeness (QED) is 0.493. The molecular weight excluding hydrogens is 358 g/mol. The summed E-state index contributed by atoms with van der Waals surface area (Å²) in [5.74, 6) is 0.768. The third-order valence-corrected chi connectivity index (χ3v) is 4.80. The van der Waals surface area contributed by atoms with Gasteiger partial charge < -0.3 is 5.32 Å². The third kappa shape index (κ3) is 2.92. The summed E-state index contributed by atoms with van der Waals surface area (Å²) in [7, 11) is 0. The molecule has 0 bridgehead atoms. The van der Waals surface area contributed by atoms with E-state index in [0.717, 1.165) is 50.9 Å². The maximum Gasteiger partial charge on any atom is 0.139 e. The van der Waals surface area contributed by atoms with Crippen molar-refractivity contribution < 1.29 is 0 Å². The minimum atomic E-state index is 0.674. The zero-order valence-corrected chi connectivity index (χ0v) is 15.0. The van der Waals surface area contributed by atoms with Crippen molar-refractivity contribution in [2.75, 3.05) is 5.32 Å². The van der Waals surface area contributed by atoms with Crippen LogP contribution in [-0.4, -0.2) is 21.9 Å². The molecule has 4 aromatic rings. The third-order valence-electron chi connectivity index (χ3n) is 4.56. The molecule has 1 N–H and O–H groups in total. The van der Waals surface area contributed by atoms with Gasteiger partial charge in [-0.2, -0.15) is 10.2 Å². The van der Waals surface area contributed by atoms with Crippen molar-refractivity contribution in [2.24, 2.45) is 10.2 Å². The Bertz CT molecular complexity index is 1250. The molecule has 5 nitrogen and oxygen atoms in total. The molecule has 1 aliphatic heterocycles. The first kappa shape index (κ1) is 15.9. The summed E-state index contributed by atoms with van der Waals surface area (Å²) < 4.78 is 0. The van der Waals surface area contributed by atoms with Crippen LogP contribution in [0.25, 0.3) is 21.7 Å². The summed E-state index contributed by atoms with van der Waals surface area (Å²) in [6.07, 6.45) is 6.20. The summed E-state index contributed by atoms with van der Waals surface area (Å²) >= 11 is 6.12. The van der Waals surface area contributed by atoms with E-state index in [1.54, 1.807) is 6.20 Å². The van der Waals surface area contributed by atoms with Crippen LogP contribution in [0.15, 0.2) is 71.1 Å². The maximum absolute atomic E-state index is 6.12. The van der Waals surface area contributed by atoms with Crippen molar-refractivity contribution in [1.29, 1.82) is 0 Å². The first-order valence-electron chi connectivity index (χ1n) is 8.57. The number of nitrogens with one attached hydrogen (secondary N) is 1. The number of fused-ring (bicyclic) bond motifs is 3. The summed E-state index contributed by atoms with van der Waals surface area (Å²) in [6, 6.07) is 15.8. The lowest BCUT2D eigenvalue weighted by Crippen LogP contribution is -2.00. The Morgan fingerprint density at radius 3 is 2.78 bits per heavy atom. The zero-order valence-electron chi connectivity index (χ0n) is 14.2. The van der Waals surface area contributed by atoms with E-state index in [9.17, 15) is 0 Å². The van der Waals surface area contributed by atoms with Crippen molar-refractivity contribution in [3.8, 4) is 0 Å². The fourth-order valence-corrected chi connectivity index (χ4v) is 3.47. The van der Waals surface area contributed by atoms with Crippen molar-refractivity contribution in [3.05, 3.63) is 71.5 Å². The van der Waals surface area contributed by atoms with Gasteiger partial charge in [0.05, 0.1) is 11.2 Å². The molecule has 0 atom stereocenters. The highest BCUT2D eigenvalue weighted by Gasteiger charge is 2.12. The number of halogens is 1. The summed E-state index contributed by atoms with van der Waals surface area (Å²) in [5, 5.41) is 15.3. The smallest absolute Gasteiger partial charge is 0.139 e. The van der Waals surface area contributed by atoms with Crippen LogP contribution in [0.5, 0.6) is 0 Å². The topological polar surface area (TPSA) is 62.5 Å². The molecule has 130 valence electrons. The highest BCUT2D eigenvalue weighted by Crippen LogP contribution is 2.31. The predicted molar refractivity (Wildman–Crippen MR) is 111 cm³/mol. The van der Waals surface area contributed by atoms with Gasteiger partial charge in [-0.15, -0.1) is 0 Å². The Balaban J connectivity index is 1.70. The van der Waals surface area contributed by atoms with Gasteiger partial charge in [0.1, 0.15) is 5.82 Å². The van der Waals surface area contributed by atoms with Crippen molar-refractivity contribution >= 4 is 56.7 Å². The molecule has 0 aliphatic carbocycles. The summed E-state index contributed by atoms with van der Waals surface area (Å²) in [6.45, 7) is 0. The number of nitrogens with zero attached hydrogens (tertiary/aromatic N) is 4. The van der Waals surface area contributed by atoms with E-state index in [1.807, 2.05) is 42.7 Å². The average Bonchev–Trinajstić information content (AvgIpc) is 3.23. The molecule has 5 rings (SSSR count). The second kappa shape index (κ2) is 6.45. The molecule has 0 radical (unpaired) electrons. The van der Waals surface area contributed by atoms with E-state index in [-0.39, 0.29) is 0 Å². The highest BCUT2D eigenvalue weighted by molar-refractivity contribution is 6.30. The summed E-state index contributed by atoms with van der Waals surface area (Å²) in [5.41, 5.74) is 3.75. The van der Waals surface area contributed by atoms with Crippen molar-refractivity contribution in [3.63, 3.8) is 0 Å². The Hall–Kier alpha value is -3.31. The van der Waals surface area contributed by atoms with Crippen LogP contribution >= 0.6 is 11.6 Å². The second-order valence-electron chi connectivity index (χ2n) is 6.30. The Morgan fingerprint density at radius 1 is 0.963 bits per heavy atom. The number of hydrogen-bond donors (Lipinski definition) is 1. The van der Waals surface area contributed by atoms with Gasteiger partial charge in [-0.1, -0.05) is 29.8 Å². The van der Waals surface area contributed by atoms with Gasteiger partial charge in [0.25, 0.3) is 0 Å². The predicted octanol–water partition coefficient (Wildman–Crippen LogP) is 5.36. The molecule has 1 aliphatic rings. The minimum Gasteiger partial charge on any atom is -0.340 e. The summed E-state index contributed by atoms with van der Waals surface area (Å²) in [4.78, 5) is 9.19. The first-order valence-corrected chi connectivity index (χ1v) is 8.94. The van der Waals surface area contributed by atoms with E-state index in [1.165, 1.54) is 0 Å². The Labute approximate surface area is 160 Å². The average molecular weight is 372 g/mol. The number of anilines is 2. The molecule has 0 unspecified atom stereocenters. The molecule has 0 saturated carbocycles. The Morgan fingerprint density at radius 2 is 1.93 bits per heavy atom. The number of benzene rings is 2. The van der Waals surface area contributed by atoms with Crippen LogP contribution in [-0.2, 0) is 0 Å². The first-order chi connectivity index (χ1) is 13.3. The zero-order chi connectivity index (χ0) is 18.2. The maximum atomic E-state index is 6.12. The van der Waals surface area contributed by atoms with Gasteiger partial charge >= 0.3 is 0 Å². The second-order valence-corrected chi connectivity index (χ2v) is 6.73. The molecule has 0 amide bonds. The molecule has 2 aromatic heterocycles. The van der Waals surface area contributed by atoms with E-state index < -0.39 is 0 Å².